The van der Waals surface area contributed by atoms with Crippen molar-refractivity contribution in [2.24, 2.45) is 22.7 Å². The van der Waals surface area contributed by atoms with E-state index in [0.717, 1.165) is 25.7 Å². The van der Waals surface area contributed by atoms with Gasteiger partial charge in [0.2, 0.25) is 5.91 Å². The molecule has 4 nitrogen and oxygen atoms in total. The fourth-order valence-corrected chi connectivity index (χ4v) is 5.99. The topological polar surface area (TPSA) is 57.6 Å². The first-order valence-corrected chi connectivity index (χ1v) is 8.37. The molecule has 4 bridgehead atoms. The summed E-state index contributed by atoms with van der Waals surface area (Å²) in [5, 5.41) is 9.10. The number of carbonyl (C=O) groups is 2. The van der Waals surface area contributed by atoms with Gasteiger partial charge in [-0.25, -0.2) is 0 Å². The molecule has 0 aliphatic heterocycles. The normalized spacial score (nSPS) is 40.3. The minimum Gasteiger partial charge on any atom is -0.480 e. The summed E-state index contributed by atoms with van der Waals surface area (Å²) in [4.78, 5) is 25.8. The molecule has 2 unspecified atom stereocenters. The summed E-state index contributed by atoms with van der Waals surface area (Å²) in [6, 6.07) is 0. The number of carbonyl (C=O) groups excluding carboxylic acids is 1. The first-order chi connectivity index (χ1) is 9.86. The van der Waals surface area contributed by atoms with Gasteiger partial charge in [0.15, 0.2) is 0 Å². The number of carboxylic acids is 1. The van der Waals surface area contributed by atoms with Crippen LogP contribution in [0.5, 0.6) is 0 Å². The van der Waals surface area contributed by atoms with E-state index in [1.54, 1.807) is 4.90 Å². The second-order valence-electron chi connectivity index (χ2n) is 8.17. The Morgan fingerprint density at radius 1 is 1.19 bits per heavy atom. The standard InChI is InChI=1S/C17H27NO3/c1-3-4-18(10-14(19)20)15(21)17-8-12-5-13(9-17)7-16(2,6-12)11-17/h12-13H,3-11H2,1-2H3,(H,19,20). The van der Waals surface area contributed by atoms with Crippen LogP contribution in [0.3, 0.4) is 0 Å². The molecule has 0 saturated heterocycles. The maximum Gasteiger partial charge on any atom is 0.323 e. The average molecular weight is 293 g/mol. The predicted octanol–water partition coefficient (Wildman–Crippen LogP) is 2.92. The summed E-state index contributed by atoms with van der Waals surface area (Å²) < 4.78 is 0. The van der Waals surface area contributed by atoms with Gasteiger partial charge in [-0.1, -0.05) is 13.8 Å². The van der Waals surface area contributed by atoms with Gasteiger partial charge in [-0.3, -0.25) is 9.59 Å². The lowest BCUT2D eigenvalue weighted by atomic mass is 9.44. The maximum absolute atomic E-state index is 13.1. The Balaban J connectivity index is 1.84. The minimum absolute atomic E-state index is 0.132. The van der Waals surface area contributed by atoms with Crippen LogP contribution >= 0.6 is 0 Å². The fraction of sp³-hybridized carbons (Fsp3) is 0.882. The van der Waals surface area contributed by atoms with Crippen molar-refractivity contribution < 1.29 is 14.7 Å². The Bertz CT molecular complexity index is 445. The second kappa shape index (κ2) is 4.99. The number of carboxylic acid groups (broad SMARTS) is 1. The molecule has 0 aromatic heterocycles. The Hall–Kier alpha value is -1.06. The lowest BCUT2D eigenvalue weighted by molar-refractivity contribution is -0.168. The van der Waals surface area contributed by atoms with E-state index in [0.29, 0.717) is 23.8 Å². The summed E-state index contributed by atoms with van der Waals surface area (Å²) in [5.41, 5.74) is 0.0737. The summed E-state index contributed by atoms with van der Waals surface area (Å²) >= 11 is 0. The van der Waals surface area contributed by atoms with Crippen molar-refractivity contribution in [1.82, 2.24) is 4.90 Å². The van der Waals surface area contributed by atoms with Gasteiger partial charge < -0.3 is 10.0 Å². The van der Waals surface area contributed by atoms with Gasteiger partial charge in [0.25, 0.3) is 0 Å². The van der Waals surface area contributed by atoms with Crippen molar-refractivity contribution >= 4 is 11.9 Å². The molecule has 1 N–H and O–H groups in total. The molecule has 0 aromatic carbocycles. The molecular weight excluding hydrogens is 266 g/mol. The molecule has 4 rings (SSSR count). The quantitative estimate of drug-likeness (QED) is 0.848. The van der Waals surface area contributed by atoms with Crippen LogP contribution < -0.4 is 0 Å². The van der Waals surface area contributed by atoms with Crippen molar-refractivity contribution in [3.8, 4) is 0 Å². The third-order valence-electron chi connectivity index (χ3n) is 5.91. The third kappa shape index (κ3) is 2.58. The fourth-order valence-electron chi connectivity index (χ4n) is 5.99. The van der Waals surface area contributed by atoms with Gasteiger partial charge in [-0.2, -0.15) is 0 Å². The molecule has 21 heavy (non-hydrogen) atoms. The molecule has 0 radical (unpaired) electrons. The summed E-state index contributed by atoms with van der Waals surface area (Å²) in [7, 11) is 0. The Labute approximate surface area is 126 Å². The molecule has 4 aliphatic carbocycles. The highest BCUT2D eigenvalue weighted by atomic mass is 16.4. The zero-order valence-corrected chi connectivity index (χ0v) is 13.2. The molecule has 0 heterocycles. The first-order valence-electron chi connectivity index (χ1n) is 8.37. The maximum atomic E-state index is 13.1. The largest absolute Gasteiger partial charge is 0.480 e. The highest BCUT2D eigenvalue weighted by Gasteiger charge is 2.59. The van der Waals surface area contributed by atoms with E-state index >= 15 is 0 Å². The van der Waals surface area contributed by atoms with E-state index in [1.165, 1.54) is 19.3 Å². The molecule has 4 fully saturated rings. The van der Waals surface area contributed by atoms with Gasteiger partial charge in [-0.05, 0) is 62.2 Å². The van der Waals surface area contributed by atoms with E-state index in [-0.39, 0.29) is 17.9 Å². The lowest BCUT2D eigenvalue weighted by Crippen LogP contribution is -2.58. The van der Waals surface area contributed by atoms with Crippen LogP contribution in [0, 0.1) is 22.7 Å². The monoisotopic (exact) mass is 293 g/mol. The number of amides is 1. The van der Waals surface area contributed by atoms with Crippen LogP contribution in [0.4, 0.5) is 0 Å². The second-order valence-corrected chi connectivity index (χ2v) is 8.17. The molecule has 2 atom stereocenters. The van der Waals surface area contributed by atoms with Gasteiger partial charge in [-0.15, -0.1) is 0 Å². The molecule has 4 saturated carbocycles. The van der Waals surface area contributed by atoms with Gasteiger partial charge >= 0.3 is 5.97 Å². The van der Waals surface area contributed by atoms with E-state index in [4.69, 9.17) is 5.11 Å². The lowest BCUT2D eigenvalue weighted by Gasteiger charge is -2.61. The SMILES string of the molecule is CCCN(CC(=O)O)C(=O)C12CC3CC(CC(C)(C3)C1)C2. The zero-order valence-electron chi connectivity index (χ0n) is 13.2. The Morgan fingerprint density at radius 3 is 2.29 bits per heavy atom. The van der Waals surface area contributed by atoms with Crippen molar-refractivity contribution in [3.05, 3.63) is 0 Å². The third-order valence-corrected chi connectivity index (χ3v) is 5.91. The van der Waals surface area contributed by atoms with Crippen LogP contribution in [-0.2, 0) is 9.59 Å². The molecule has 4 heteroatoms. The summed E-state index contributed by atoms with van der Waals surface area (Å²) in [6.45, 7) is 4.77. The van der Waals surface area contributed by atoms with Gasteiger partial charge in [0.1, 0.15) is 6.54 Å². The van der Waals surface area contributed by atoms with Crippen LogP contribution in [0.2, 0.25) is 0 Å². The minimum atomic E-state index is -0.896. The number of hydrogen-bond donors (Lipinski definition) is 1. The molecular formula is C17H27NO3. The van der Waals surface area contributed by atoms with E-state index < -0.39 is 5.97 Å². The summed E-state index contributed by atoms with van der Waals surface area (Å²) in [6.07, 6.45) is 7.62. The first kappa shape index (κ1) is 14.9. The van der Waals surface area contributed by atoms with Gasteiger partial charge in [0, 0.05) is 6.54 Å². The van der Waals surface area contributed by atoms with E-state index in [9.17, 15) is 9.59 Å². The molecule has 118 valence electrons. The van der Waals surface area contributed by atoms with E-state index in [2.05, 4.69) is 6.92 Å². The van der Waals surface area contributed by atoms with Crippen molar-refractivity contribution in [2.75, 3.05) is 13.1 Å². The molecule has 1 amide bonds. The highest BCUT2D eigenvalue weighted by Crippen LogP contribution is 2.65. The number of aliphatic carboxylic acids is 1. The van der Waals surface area contributed by atoms with Crippen LogP contribution in [-0.4, -0.2) is 35.0 Å². The molecule has 4 aliphatic rings. The highest BCUT2D eigenvalue weighted by molar-refractivity contribution is 5.86. The Morgan fingerprint density at radius 2 is 1.81 bits per heavy atom. The number of hydrogen-bond acceptors (Lipinski definition) is 2. The van der Waals surface area contributed by atoms with Crippen LogP contribution in [0.25, 0.3) is 0 Å². The van der Waals surface area contributed by atoms with Gasteiger partial charge in [0.05, 0.1) is 5.41 Å². The molecule has 0 aromatic rings. The smallest absolute Gasteiger partial charge is 0.323 e. The van der Waals surface area contributed by atoms with Crippen LogP contribution in [0.1, 0.15) is 58.8 Å². The summed E-state index contributed by atoms with van der Waals surface area (Å²) in [5.74, 6) is 0.613. The van der Waals surface area contributed by atoms with Crippen molar-refractivity contribution in [1.29, 1.82) is 0 Å². The average Bonchev–Trinajstić information content (AvgIpc) is 2.33. The van der Waals surface area contributed by atoms with E-state index in [1.807, 2.05) is 6.92 Å². The van der Waals surface area contributed by atoms with Crippen molar-refractivity contribution in [3.63, 3.8) is 0 Å². The van der Waals surface area contributed by atoms with Crippen LogP contribution in [0.15, 0.2) is 0 Å². The van der Waals surface area contributed by atoms with Crippen molar-refractivity contribution in [2.45, 2.75) is 58.8 Å². The zero-order chi connectivity index (χ0) is 15.3. The predicted molar refractivity (Wildman–Crippen MR) is 79.7 cm³/mol. The molecule has 0 spiro atoms. The number of rotatable bonds is 5. The number of nitrogens with zero attached hydrogens (tertiary/aromatic N) is 1. The Kier molecular flexibility index (Phi) is 3.53.